The highest BCUT2D eigenvalue weighted by Crippen LogP contribution is 2.19. The molecule has 54 valence electrons. The summed E-state index contributed by atoms with van der Waals surface area (Å²) in [6, 6.07) is 0. The van der Waals surface area contributed by atoms with Gasteiger partial charge in [-0.05, 0) is 7.05 Å². The first kappa shape index (κ1) is 7.34. The Kier molecular flexibility index (Phi) is 2.78. The maximum atomic E-state index is 5.38. The van der Waals surface area contributed by atoms with Crippen molar-refractivity contribution in [2.24, 2.45) is 5.73 Å². The predicted molar refractivity (Wildman–Crippen MR) is 40.8 cm³/mol. The molecule has 0 radical (unpaired) electrons. The predicted octanol–water partition coefficient (Wildman–Crippen LogP) is -0.244. The number of rotatable bonds is 2. The largest absolute Gasteiger partial charge is 0.329 e. The molecule has 0 aromatic heterocycles. The molecule has 0 aromatic rings. The molecule has 0 aromatic carbocycles. The van der Waals surface area contributed by atoms with Crippen LogP contribution >= 0.6 is 12.1 Å². The van der Waals surface area contributed by atoms with Crippen molar-refractivity contribution in [1.29, 1.82) is 0 Å². The molecule has 1 aliphatic rings. The van der Waals surface area contributed by atoms with Gasteiger partial charge < -0.3 is 5.73 Å². The van der Waals surface area contributed by atoms with Crippen molar-refractivity contribution in [3.05, 3.63) is 0 Å². The summed E-state index contributed by atoms with van der Waals surface area (Å²) in [7, 11) is 2.10. The minimum atomic E-state index is 0.765. The topological polar surface area (TPSA) is 32.5 Å². The number of hydrogen-bond donors (Lipinski definition) is 1. The SMILES string of the molecule is CN1CCN(CCN)S1. The van der Waals surface area contributed by atoms with Crippen LogP contribution in [0.1, 0.15) is 0 Å². The zero-order valence-electron chi connectivity index (χ0n) is 5.71. The fraction of sp³-hybridized carbons (Fsp3) is 1.00. The number of likely N-dealkylation sites (N-methyl/N-ethyl adjacent to an activating group) is 1. The third kappa shape index (κ3) is 2.14. The zero-order valence-corrected chi connectivity index (χ0v) is 6.52. The lowest BCUT2D eigenvalue weighted by Crippen LogP contribution is -2.21. The van der Waals surface area contributed by atoms with Crippen molar-refractivity contribution in [3.63, 3.8) is 0 Å². The molecule has 0 aliphatic carbocycles. The minimum Gasteiger partial charge on any atom is -0.329 e. The van der Waals surface area contributed by atoms with Crippen LogP contribution in [-0.4, -0.2) is 41.8 Å². The Hall–Kier alpha value is 0.230. The van der Waals surface area contributed by atoms with Gasteiger partial charge in [-0.3, -0.25) is 0 Å². The molecule has 1 heterocycles. The first-order chi connectivity index (χ1) is 4.33. The average Bonchev–Trinajstić information content (AvgIpc) is 2.17. The number of nitrogens with two attached hydrogens (primary N) is 1. The number of nitrogens with zero attached hydrogens (tertiary/aromatic N) is 2. The zero-order chi connectivity index (χ0) is 6.69. The molecule has 0 spiro atoms. The van der Waals surface area contributed by atoms with E-state index in [1.807, 2.05) is 0 Å². The normalized spacial score (nSPS) is 23.3. The van der Waals surface area contributed by atoms with E-state index >= 15 is 0 Å². The van der Waals surface area contributed by atoms with Gasteiger partial charge in [-0.1, -0.05) is 0 Å². The molecular weight excluding hydrogens is 134 g/mol. The van der Waals surface area contributed by atoms with Gasteiger partial charge in [0.05, 0.1) is 0 Å². The lowest BCUT2D eigenvalue weighted by Gasteiger charge is -2.10. The highest BCUT2D eigenvalue weighted by atomic mass is 32.2. The average molecular weight is 147 g/mol. The maximum absolute atomic E-state index is 5.38. The molecule has 0 bridgehead atoms. The van der Waals surface area contributed by atoms with Gasteiger partial charge in [0.25, 0.3) is 0 Å². The van der Waals surface area contributed by atoms with Gasteiger partial charge in [-0.15, -0.1) is 0 Å². The minimum absolute atomic E-state index is 0.765. The molecular formula is C5H13N3S. The summed E-state index contributed by atoms with van der Waals surface area (Å²) in [4.78, 5) is 0. The molecule has 4 heteroatoms. The Morgan fingerprint density at radius 2 is 2.33 bits per heavy atom. The molecule has 0 atom stereocenters. The van der Waals surface area contributed by atoms with Crippen LogP contribution in [0.25, 0.3) is 0 Å². The smallest absolute Gasteiger partial charge is 0.0240 e. The van der Waals surface area contributed by atoms with Crippen molar-refractivity contribution in [2.75, 3.05) is 33.2 Å². The lowest BCUT2D eigenvalue weighted by atomic mass is 10.6. The summed E-state index contributed by atoms with van der Waals surface area (Å²) in [5.74, 6) is 0. The Labute approximate surface area is 60.4 Å². The fourth-order valence-corrected chi connectivity index (χ4v) is 1.74. The molecule has 3 nitrogen and oxygen atoms in total. The Morgan fingerprint density at radius 3 is 2.78 bits per heavy atom. The monoisotopic (exact) mass is 147 g/mol. The van der Waals surface area contributed by atoms with E-state index in [0.29, 0.717) is 0 Å². The summed E-state index contributed by atoms with van der Waals surface area (Å²) in [6.07, 6.45) is 0. The molecule has 1 rings (SSSR count). The second-order valence-electron chi connectivity index (χ2n) is 2.15. The first-order valence-corrected chi connectivity index (χ1v) is 3.90. The second kappa shape index (κ2) is 3.41. The van der Waals surface area contributed by atoms with Gasteiger partial charge in [0.1, 0.15) is 0 Å². The van der Waals surface area contributed by atoms with Gasteiger partial charge in [-0.2, -0.15) is 0 Å². The van der Waals surface area contributed by atoms with Crippen LogP contribution in [0.3, 0.4) is 0 Å². The third-order valence-corrected chi connectivity index (χ3v) is 2.36. The van der Waals surface area contributed by atoms with Crippen LogP contribution in [0, 0.1) is 0 Å². The van der Waals surface area contributed by atoms with Crippen LogP contribution in [-0.2, 0) is 0 Å². The summed E-state index contributed by atoms with van der Waals surface area (Å²) in [5.41, 5.74) is 5.38. The molecule has 0 amide bonds. The van der Waals surface area contributed by atoms with Crippen LogP contribution < -0.4 is 5.73 Å². The highest BCUT2D eigenvalue weighted by Gasteiger charge is 2.15. The molecule has 1 aliphatic heterocycles. The standard InChI is InChI=1S/C5H13N3S/c1-7-4-5-8(9-7)3-2-6/h2-6H2,1H3. The number of hydrogen-bond acceptors (Lipinski definition) is 4. The molecule has 0 unspecified atom stereocenters. The van der Waals surface area contributed by atoms with Crippen molar-refractivity contribution < 1.29 is 0 Å². The van der Waals surface area contributed by atoms with Gasteiger partial charge in [0, 0.05) is 38.3 Å². The molecule has 9 heavy (non-hydrogen) atoms. The first-order valence-electron chi connectivity index (χ1n) is 3.17. The van der Waals surface area contributed by atoms with E-state index in [0.717, 1.165) is 26.2 Å². The van der Waals surface area contributed by atoms with Crippen LogP contribution in [0.5, 0.6) is 0 Å². The van der Waals surface area contributed by atoms with E-state index in [9.17, 15) is 0 Å². The third-order valence-electron chi connectivity index (χ3n) is 1.30. The lowest BCUT2D eigenvalue weighted by molar-refractivity contribution is 0.496. The summed E-state index contributed by atoms with van der Waals surface area (Å²) in [5, 5.41) is 0. The van der Waals surface area contributed by atoms with Crippen LogP contribution in [0.2, 0.25) is 0 Å². The Balaban J connectivity index is 2.14. The van der Waals surface area contributed by atoms with Gasteiger partial charge in [0.2, 0.25) is 0 Å². The van der Waals surface area contributed by atoms with E-state index < -0.39 is 0 Å². The van der Waals surface area contributed by atoms with Crippen molar-refractivity contribution in [3.8, 4) is 0 Å². The summed E-state index contributed by atoms with van der Waals surface area (Å²) < 4.78 is 4.50. The Bertz CT molecular complexity index is 86.3. The van der Waals surface area contributed by atoms with E-state index in [1.165, 1.54) is 0 Å². The summed E-state index contributed by atoms with van der Waals surface area (Å²) in [6.45, 7) is 4.08. The highest BCUT2D eigenvalue weighted by molar-refractivity contribution is 7.94. The quantitative estimate of drug-likeness (QED) is 0.546. The fourth-order valence-electron chi connectivity index (χ4n) is 0.828. The van der Waals surface area contributed by atoms with E-state index in [4.69, 9.17) is 5.73 Å². The second-order valence-corrected chi connectivity index (χ2v) is 3.45. The van der Waals surface area contributed by atoms with Crippen LogP contribution in [0.15, 0.2) is 0 Å². The molecule has 0 saturated carbocycles. The van der Waals surface area contributed by atoms with Crippen molar-refractivity contribution in [1.82, 2.24) is 8.61 Å². The van der Waals surface area contributed by atoms with Crippen molar-refractivity contribution >= 4 is 12.1 Å². The summed E-state index contributed by atoms with van der Waals surface area (Å²) >= 11 is 1.78. The van der Waals surface area contributed by atoms with Gasteiger partial charge >= 0.3 is 0 Å². The molecule has 1 saturated heterocycles. The maximum Gasteiger partial charge on any atom is 0.0240 e. The van der Waals surface area contributed by atoms with E-state index in [1.54, 1.807) is 12.1 Å². The molecule has 1 fully saturated rings. The molecule has 2 N–H and O–H groups in total. The van der Waals surface area contributed by atoms with E-state index in [2.05, 4.69) is 15.7 Å². The van der Waals surface area contributed by atoms with Gasteiger partial charge in [0.15, 0.2) is 0 Å². The Morgan fingerprint density at radius 1 is 1.56 bits per heavy atom. The van der Waals surface area contributed by atoms with Crippen molar-refractivity contribution in [2.45, 2.75) is 0 Å². The van der Waals surface area contributed by atoms with E-state index in [-0.39, 0.29) is 0 Å². The van der Waals surface area contributed by atoms with Crippen LogP contribution in [0.4, 0.5) is 0 Å². The van der Waals surface area contributed by atoms with Gasteiger partial charge in [-0.25, -0.2) is 8.61 Å².